The van der Waals surface area contributed by atoms with Crippen LogP contribution in [0.4, 0.5) is 0 Å². The molecule has 0 heterocycles. The monoisotopic (exact) mass is 382 g/mol. The molecular formula is C18H30CaO6. The first-order valence-electron chi connectivity index (χ1n) is 9.16. The van der Waals surface area contributed by atoms with Crippen LogP contribution < -0.4 is 10.2 Å². The fourth-order valence-electron chi connectivity index (χ4n) is 3.66. The Hall–Kier alpha value is 0.120. The molecule has 0 aliphatic heterocycles. The number of aliphatic hydroxyl groups is 2. The largest absolute Gasteiger partial charge is 2.00 e. The van der Waals surface area contributed by atoms with E-state index in [1.165, 1.54) is 0 Å². The molecule has 0 saturated heterocycles. The van der Waals surface area contributed by atoms with E-state index in [0.717, 1.165) is 51.4 Å². The second-order valence-electron chi connectivity index (χ2n) is 7.05. The third kappa shape index (κ3) is 11.4. The Morgan fingerprint density at radius 2 is 1.04 bits per heavy atom. The van der Waals surface area contributed by atoms with Crippen molar-refractivity contribution < 1.29 is 30.0 Å². The average molecular weight is 383 g/mol. The fraction of sp³-hybridized carbons (Fsp3) is 0.889. The first kappa shape index (κ1) is 25.1. The molecule has 0 spiro atoms. The molecule has 4 atom stereocenters. The van der Waals surface area contributed by atoms with Gasteiger partial charge in [0.15, 0.2) is 0 Å². The summed E-state index contributed by atoms with van der Waals surface area (Å²) >= 11 is 0. The summed E-state index contributed by atoms with van der Waals surface area (Å²) in [4.78, 5) is 20.3. The molecule has 2 saturated carbocycles. The minimum atomic E-state index is -1.01. The average Bonchev–Trinajstić information content (AvgIpc) is 2.54. The Morgan fingerprint density at radius 1 is 0.720 bits per heavy atom. The van der Waals surface area contributed by atoms with E-state index in [0.29, 0.717) is 12.8 Å². The number of carboxylic acid groups (broad SMARTS) is 2. The van der Waals surface area contributed by atoms with E-state index in [1.54, 1.807) is 0 Å². The number of hydrogen-bond donors (Lipinski definition) is 2. The van der Waals surface area contributed by atoms with Crippen molar-refractivity contribution in [3.8, 4) is 0 Å². The minimum Gasteiger partial charge on any atom is -0.550 e. The maximum absolute atomic E-state index is 10.2. The van der Waals surface area contributed by atoms with E-state index < -0.39 is 11.9 Å². The number of hydrogen-bond acceptors (Lipinski definition) is 6. The molecule has 140 valence electrons. The van der Waals surface area contributed by atoms with Crippen molar-refractivity contribution in [1.82, 2.24) is 0 Å². The van der Waals surface area contributed by atoms with E-state index in [-0.39, 0.29) is 74.6 Å². The molecule has 2 fully saturated rings. The molecular weight excluding hydrogens is 352 g/mol. The topological polar surface area (TPSA) is 121 Å². The van der Waals surface area contributed by atoms with Crippen LogP contribution in [0.1, 0.15) is 77.0 Å². The summed E-state index contributed by atoms with van der Waals surface area (Å²) < 4.78 is 0. The van der Waals surface area contributed by atoms with Gasteiger partial charge in [0.2, 0.25) is 0 Å². The van der Waals surface area contributed by atoms with Crippen LogP contribution in [0.15, 0.2) is 0 Å². The third-order valence-corrected chi connectivity index (χ3v) is 5.18. The number of aliphatic carboxylic acids is 2. The molecule has 0 aromatic carbocycles. The van der Waals surface area contributed by atoms with Gasteiger partial charge in [-0.1, -0.05) is 25.7 Å². The predicted octanol–water partition coefficient (Wildman–Crippen LogP) is -0.246. The van der Waals surface area contributed by atoms with Gasteiger partial charge >= 0.3 is 37.7 Å². The van der Waals surface area contributed by atoms with Gasteiger partial charge in [0, 0.05) is 11.9 Å². The Labute approximate surface area is 180 Å². The molecule has 0 aromatic rings. The van der Waals surface area contributed by atoms with E-state index in [1.807, 2.05) is 0 Å². The summed E-state index contributed by atoms with van der Waals surface area (Å²) in [5.41, 5.74) is 0. The van der Waals surface area contributed by atoms with Gasteiger partial charge in [0.05, 0.1) is 12.2 Å². The Balaban J connectivity index is 0.000000443. The van der Waals surface area contributed by atoms with Crippen LogP contribution in [0.5, 0.6) is 0 Å². The summed E-state index contributed by atoms with van der Waals surface area (Å²) in [6.07, 6.45) is 8.74. The molecule has 2 N–H and O–H groups in total. The molecule has 2 aliphatic rings. The second kappa shape index (κ2) is 14.2. The van der Waals surface area contributed by atoms with Gasteiger partial charge in [-0.15, -0.1) is 0 Å². The quantitative estimate of drug-likeness (QED) is 0.611. The van der Waals surface area contributed by atoms with Crippen molar-refractivity contribution in [2.45, 2.75) is 89.3 Å². The summed E-state index contributed by atoms with van der Waals surface area (Å²) in [5.74, 6) is -1.63. The van der Waals surface area contributed by atoms with Crippen LogP contribution in [0, 0.1) is 11.8 Å². The van der Waals surface area contributed by atoms with E-state index in [9.17, 15) is 30.0 Å². The molecule has 2 aliphatic carbocycles. The van der Waals surface area contributed by atoms with Gasteiger partial charge in [0.25, 0.3) is 0 Å². The van der Waals surface area contributed by atoms with Gasteiger partial charge in [-0.3, -0.25) is 0 Å². The maximum atomic E-state index is 10.2. The van der Waals surface area contributed by atoms with Gasteiger partial charge < -0.3 is 30.0 Å². The van der Waals surface area contributed by atoms with Crippen LogP contribution in [0.3, 0.4) is 0 Å². The fourth-order valence-corrected chi connectivity index (χ4v) is 3.66. The molecule has 0 aromatic heterocycles. The van der Waals surface area contributed by atoms with E-state index in [4.69, 9.17) is 0 Å². The number of carboxylic acids is 2. The van der Waals surface area contributed by atoms with Gasteiger partial charge in [0.1, 0.15) is 0 Å². The van der Waals surface area contributed by atoms with Crippen molar-refractivity contribution in [2.75, 3.05) is 0 Å². The van der Waals surface area contributed by atoms with Crippen LogP contribution in [-0.4, -0.2) is 72.1 Å². The van der Waals surface area contributed by atoms with Crippen LogP contribution >= 0.6 is 0 Å². The Kier molecular flexibility index (Phi) is 14.3. The minimum absolute atomic E-state index is 0. The zero-order chi connectivity index (χ0) is 17.9. The Bertz CT molecular complexity index is 354. The van der Waals surface area contributed by atoms with E-state index in [2.05, 4.69) is 0 Å². The van der Waals surface area contributed by atoms with Crippen molar-refractivity contribution in [3.63, 3.8) is 0 Å². The molecule has 6 nitrogen and oxygen atoms in total. The first-order chi connectivity index (χ1) is 11.4. The number of carbonyl (C=O) groups is 2. The molecule has 0 unspecified atom stereocenters. The summed E-state index contributed by atoms with van der Waals surface area (Å²) in [6.45, 7) is 0. The molecule has 25 heavy (non-hydrogen) atoms. The number of rotatable bonds is 6. The normalized spacial score (nSPS) is 28.9. The van der Waals surface area contributed by atoms with Crippen LogP contribution in [-0.2, 0) is 9.59 Å². The van der Waals surface area contributed by atoms with E-state index >= 15 is 0 Å². The van der Waals surface area contributed by atoms with Crippen molar-refractivity contribution in [2.24, 2.45) is 11.8 Å². The second-order valence-corrected chi connectivity index (χ2v) is 7.05. The summed E-state index contributed by atoms with van der Waals surface area (Å²) in [7, 11) is 0. The van der Waals surface area contributed by atoms with Gasteiger partial charge in [-0.05, 0) is 63.2 Å². The number of carbonyl (C=O) groups excluding carboxylic acids is 2. The SMILES string of the molecule is O=C([O-])CC[C@H]1CCCC[C@H]1O.O=C([O-])CC[C@H]1CCCC[C@H]1O.[Ca+2]. The Morgan fingerprint density at radius 3 is 1.32 bits per heavy atom. The third-order valence-electron chi connectivity index (χ3n) is 5.18. The summed E-state index contributed by atoms with van der Waals surface area (Å²) in [6, 6.07) is 0. The van der Waals surface area contributed by atoms with Crippen molar-refractivity contribution in [3.05, 3.63) is 0 Å². The standard InChI is InChI=1S/2C9H16O3.Ca/c2*10-8-4-2-1-3-7(8)5-6-9(11)12;/h2*7-8,10H,1-6H2,(H,11,12);/q;;+2/p-2/t2*7-,8-;/m11./s1. The first-order valence-corrected chi connectivity index (χ1v) is 9.16. The zero-order valence-electron chi connectivity index (χ0n) is 15.0. The van der Waals surface area contributed by atoms with Crippen LogP contribution in [0.25, 0.3) is 0 Å². The molecule has 0 bridgehead atoms. The molecule has 7 heteroatoms. The number of aliphatic hydroxyl groups excluding tert-OH is 2. The summed E-state index contributed by atoms with van der Waals surface area (Å²) in [5, 5.41) is 39.2. The molecule has 0 radical (unpaired) electrons. The zero-order valence-corrected chi connectivity index (χ0v) is 17.2. The van der Waals surface area contributed by atoms with Gasteiger partial charge in [-0.25, -0.2) is 0 Å². The maximum Gasteiger partial charge on any atom is 2.00 e. The molecule has 2 rings (SSSR count). The van der Waals surface area contributed by atoms with Crippen molar-refractivity contribution >= 4 is 49.7 Å². The predicted molar refractivity (Wildman–Crippen MR) is 90.2 cm³/mol. The van der Waals surface area contributed by atoms with Crippen molar-refractivity contribution in [1.29, 1.82) is 0 Å². The molecule has 0 amide bonds. The smallest absolute Gasteiger partial charge is 0.550 e. The van der Waals surface area contributed by atoms with Crippen LogP contribution in [0.2, 0.25) is 0 Å². The van der Waals surface area contributed by atoms with Gasteiger partial charge in [-0.2, -0.15) is 0 Å².